The van der Waals surface area contributed by atoms with Crippen LogP contribution in [0.3, 0.4) is 0 Å². The Kier molecular flexibility index (Phi) is 5.40. The van der Waals surface area contributed by atoms with Crippen molar-refractivity contribution in [3.05, 3.63) is 54.5 Å². The van der Waals surface area contributed by atoms with Gasteiger partial charge in [-0.05, 0) is 24.3 Å². The van der Waals surface area contributed by atoms with Gasteiger partial charge in [0, 0.05) is 49.0 Å². The first-order valence-electron chi connectivity index (χ1n) is 9.35. The molecule has 0 aliphatic carbocycles. The zero-order chi connectivity index (χ0) is 21.1. The van der Waals surface area contributed by atoms with Crippen molar-refractivity contribution < 1.29 is 17.9 Å². The summed E-state index contributed by atoms with van der Waals surface area (Å²) in [6, 6.07) is 8.90. The van der Waals surface area contributed by atoms with Crippen LogP contribution in [0.25, 0.3) is 11.3 Å². The molecule has 3 heterocycles. The van der Waals surface area contributed by atoms with Crippen LogP contribution >= 0.6 is 0 Å². The van der Waals surface area contributed by atoms with Crippen molar-refractivity contribution >= 4 is 27.1 Å². The summed E-state index contributed by atoms with van der Waals surface area (Å²) in [6.45, 7) is 0.867. The lowest BCUT2D eigenvalue weighted by molar-refractivity contribution is 0.102. The van der Waals surface area contributed by atoms with E-state index in [1.54, 1.807) is 36.7 Å². The maximum absolute atomic E-state index is 12.8. The highest BCUT2D eigenvalue weighted by atomic mass is 32.2. The van der Waals surface area contributed by atoms with Crippen LogP contribution < -0.4 is 15.0 Å². The molecule has 3 aromatic rings. The van der Waals surface area contributed by atoms with E-state index in [1.807, 2.05) is 11.0 Å². The molecule has 9 nitrogen and oxygen atoms in total. The van der Waals surface area contributed by atoms with E-state index in [4.69, 9.17) is 4.74 Å². The number of aromatic amines is 1. The number of nitrogens with zero attached hydrogens (tertiary/aromatic N) is 3. The molecule has 1 aliphatic heterocycles. The highest BCUT2D eigenvalue weighted by Gasteiger charge is 2.22. The summed E-state index contributed by atoms with van der Waals surface area (Å²) >= 11 is 0. The Hall–Kier alpha value is -3.40. The molecule has 0 saturated carbocycles. The van der Waals surface area contributed by atoms with Gasteiger partial charge >= 0.3 is 0 Å². The Balaban J connectivity index is 1.52. The van der Waals surface area contributed by atoms with Crippen LogP contribution in [0.5, 0.6) is 5.75 Å². The summed E-state index contributed by atoms with van der Waals surface area (Å²) in [6.07, 6.45) is 4.83. The minimum atomic E-state index is -2.96. The molecule has 0 bridgehead atoms. The zero-order valence-corrected chi connectivity index (χ0v) is 17.1. The lowest BCUT2D eigenvalue weighted by atomic mass is 10.1. The Morgan fingerprint density at radius 2 is 1.97 bits per heavy atom. The highest BCUT2D eigenvalue weighted by molar-refractivity contribution is 7.91. The quantitative estimate of drug-likeness (QED) is 0.639. The van der Waals surface area contributed by atoms with E-state index < -0.39 is 9.84 Å². The van der Waals surface area contributed by atoms with Gasteiger partial charge in [0.15, 0.2) is 9.84 Å². The molecule has 1 aliphatic rings. The molecule has 0 unspecified atom stereocenters. The second kappa shape index (κ2) is 8.15. The molecule has 30 heavy (non-hydrogen) atoms. The summed E-state index contributed by atoms with van der Waals surface area (Å²) in [4.78, 5) is 18.9. The number of aromatic nitrogens is 3. The Bertz CT molecular complexity index is 1150. The number of H-pyrrole nitrogens is 1. The lowest BCUT2D eigenvalue weighted by Gasteiger charge is -2.29. The summed E-state index contributed by atoms with van der Waals surface area (Å²) in [7, 11) is -1.43. The molecular weight excluding hydrogens is 406 g/mol. The smallest absolute Gasteiger partial charge is 0.257 e. The Morgan fingerprint density at radius 3 is 2.67 bits per heavy atom. The van der Waals surface area contributed by atoms with Crippen LogP contribution in [0.1, 0.15) is 10.4 Å². The summed E-state index contributed by atoms with van der Waals surface area (Å²) in [5, 5.41) is 9.69. The van der Waals surface area contributed by atoms with E-state index in [-0.39, 0.29) is 17.4 Å². The minimum Gasteiger partial charge on any atom is -0.494 e. The fourth-order valence-corrected chi connectivity index (χ4v) is 4.47. The fraction of sp³-hybridized carbons (Fsp3) is 0.250. The van der Waals surface area contributed by atoms with Crippen LogP contribution in [0.15, 0.2) is 48.9 Å². The number of anilines is 2. The van der Waals surface area contributed by atoms with E-state index >= 15 is 0 Å². The largest absolute Gasteiger partial charge is 0.494 e. The second-order valence-corrected chi connectivity index (χ2v) is 9.20. The van der Waals surface area contributed by atoms with Gasteiger partial charge in [-0.1, -0.05) is 0 Å². The van der Waals surface area contributed by atoms with Crippen LogP contribution in [0.2, 0.25) is 0 Å². The monoisotopic (exact) mass is 427 g/mol. The third-order valence-electron chi connectivity index (χ3n) is 4.94. The molecule has 4 rings (SSSR count). The first-order valence-corrected chi connectivity index (χ1v) is 11.2. The molecule has 0 atom stereocenters. The topological polar surface area (TPSA) is 117 Å². The molecule has 0 spiro atoms. The number of hydrogen-bond donors (Lipinski definition) is 2. The maximum atomic E-state index is 12.8. The molecule has 0 radical (unpaired) electrons. The summed E-state index contributed by atoms with van der Waals surface area (Å²) in [5.41, 5.74) is 3.18. The third-order valence-corrected chi connectivity index (χ3v) is 6.55. The van der Waals surface area contributed by atoms with Crippen molar-refractivity contribution in [1.29, 1.82) is 0 Å². The maximum Gasteiger partial charge on any atom is 0.257 e. The van der Waals surface area contributed by atoms with Crippen molar-refractivity contribution in [3.8, 4) is 17.0 Å². The van der Waals surface area contributed by atoms with E-state index in [1.165, 1.54) is 13.3 Å². The first kappa shape index (κ1) is 19.9. The second-order valence-electron chi connectivity index (χ2n) is 6.90. The predicted octanol–water partition coefficient (Wildman–Crippen LogP) is 1.97. The van der Waals surface area contributed by atoms with Gasteiger partial charge in [-0.2, -0.15) is 5.10 Å². The van der Waals surface area contributed by atoms with E-state index in [0.717, 1.165) is 11.3 Å². The molecule has 156 valence electrons. The number of ether oxygens (including phenoxy) is 1. The van der Waals surface area contributed by atoms with Crippen molar-refractivity contribution in [2.45, 2.75) is 0 Å². The number of carbonyl (C=O) groups excluding carboxylic acids is 1. The van der Waals surface area contributed by atoms with Crippen LogP contribution in [0.4, 0.5) is 11.4 Å². The average molecular weight is 427 g/mol. The fourth-order valence-electron chi connectivity index (χ4n) is 3.27. The standard InChI is InChI=1S/C20H21N5O4S/c1-29-19-11-16(25-6-8-30(27,28)9-7-25)2-3-18(19)23-20(26)15-10-14(12-21-13-15)17-4-5-22-24-17/h2-5,10-13H,6-9H2,1H3,(H,22,24)(H,23,26). The van der Waals surface area contributed by atoms with Gasteiger partial charge in [-0.3, -0.25) is 14.9 Å². The van der Waals surface area contributed by atoms with E-state index in [0.29, 0.717) is 35.8 Å². The predicted molar refractivity (Wildman–Crippen MR) is 114 cm³/mol. The van der Waals surface area contributed by atoms with Crippen LogP contribution in [-0.4, -0.2) is 61.2 Å². The van der Waals surface area contributed by atoms with Gasteiger partial charge in [0.25, 0.3) is 5.91 Å². The average Bonchev–Trinajstić information content (AvgIpc) is 3.29. The molecule has 1 aromatic carbocycles. The highest BCUT2D eigenvalue weighted by Crippen LogP contribution is 2.31. The molecule has 1 amide bonds. The number of hydrogen-bond acceptors (Lipinski definition) is 7. The molecule has 1 saturated heterocycles. The number of sulfone groups is 1. The number of benzene rings is 1. The summed E-state index contributed by atoms with van der Waals surface area (Å²) in [5.74, 6) is 0.431. The van der Waals surface area contributed by atoms with Gasteiger partial charge in [0.1, 0.15) is 5.75 Å². The van der Waals surface area contributed by atoms with Crippen LogP contribution in [0, 0.1) is 0 Å². The zero-order valence-electron chi connectivity index (χ0n) is 16.3. The number of nitrogens with one attached hydrogen (secondary N) is 2. The molecule has 1 fully saturated rings. The number of pyridine rings is 1. The number of methoxy groups -OCH3 is 1. The number of amides is 1. The lowest BCUT2D eigenvalue weighted by Crippen LogP contribution is -2.40. The SMILES string of the molecule is COc1cc(N2CCS(=O)(=O)CC2)ccc1NC(=O)c1cncc(-c2cc[nH]n2)c1. The van der Waals surface area contributed by atoms with Crippen molar-refractivity contribution in [3.63, 3.8) is 0 Å². The van der Waals surface area contributed by atoms with Gasteiger partial charge in [0.2, 0.25) is 0 Å². The van der Waals surface area contributed by atoms with Gasteiger partial charge in [0.05, 0.1) is 35.6 Å². The van der Waals surface area contributed by atoms with Gasteiger partial charge in [-0.15, -0.1) is 0 Å². The Labute approximate surface area is 174 Å². The normalized spacial score (nSPS) is 15.6. The molecule has 2 aromatic heterocycles. The van der Waals surface area contributed by atoms with Crippen molar-refractivity contribution in [2.75, 3.05) is 41.9 Å². The molecule has 10 heteroatoms. The van der Waals surface area contributed by atoms with Crippen molar-refractivity contribution in [2.24, 2.45) is 0 Å². The summed E-state index contributed by atoms with van der Waals surface area (Å²) < 4.78 is 28.7. The van der Waals surface area contributed by atoms with Gasteiger partial charge < -0.3 is 15.0 Å². The third kappa shape index (κ3) is 4.28. The molecular formula is C20H21N5O4S. The minimum absolute atomic E-state index is 0.132. The Morgan fingerprint density at radius 1 is 1.17 bits per heavy atom. The first-order chi connectivity index (χ1) is 14.4. The van der Waals surface area contributed by atoms with Gasteiger partial charge in [-0.25, -0.2) is 8.42 Å². The van der Waals surface area contributed by atoms with E-state index in [2.05, 4.69) is 20.5 Å². The molecule has 2 N–H and O–H groups in total. The number of rotatable bonds is 5. The van der Waals surface area contributed by atoms with Crippen molar-refractivity contribution in [1.82, 2.24) is 15.2 Å². The number of carbonyl (C=O) groups is 1. The van der Waals surface area contributed by atoms with Crippen LogP contribution in [-0.2, 0) is 9.84 Å². The van der Waals surface area contributed by atoms with E-state index in [9.17, 15) is 13.2 Å².